The van der Waals surface area contributed by atoms with Crippen molar-refractivity contribution in [1.82, 2.24) is 10.6 Å². The number of hydrogen-bond donors (Lipinski definition) is 2. The Morgan fingerprint density at radius 3 is 2.53 bits per heavy atom. The Labute approximate surface area is 111 Å². The van der Waals surface area contributed by atoms with Gasteiger partial charge in [0.25, 0.3) is 0 Å². The minimum Gasteiger partial charge on any atom is -0.355 e. The van der Waals surface area contributed by atoms with Crippen molar-refractivity contribution in [3.63, 3.8) is 0 Å². The summed E-state index contributed by atoms with van der Waals surface area (Å²) >= 11 is 0. The van der Waals surface area contributed by atoms with Gasteiger partial charge in [-0.2, -0.15) is 0 Å². The molecule has 4 heteroatoms. The maximum atomic E-state index is 11.9. The van der Waals surface area contributed by atoms with Crippen molar-refractivity contribution in [2.24, 2.45) is 17.3 Å². The Kier molecular flexibility index (Phi) is 5.26. The number of hydrogen-bond acceptors (Lipinski definition) is 2. The lowest BCUT2D eigenvalue weighted by molar-refractivity contribution is -0.127. The Bertz CT molecular complexity index is 262. The van der Waals surface area contributed by atoms with Crippen molar-refractivity contribution in [3.8, 4) is 0 Å². The first-order chi connectivity index (χ1) is 7.67. The maximum Gasteiger partial charge on any atom is 0.223 e. The first-order valence-corrected chi connectivity index (χ1v) is 6.65. The highest BCUT2D eigenvalue weighted by molar-refractivity contribution is 5.85. The molecule has 1 unspecified atom stereocenters. The van der Waals surface area contributed by atoms with Gasteiger partial charge in [-0.25, -0.2) is 0 Å². The lowest BCUT2D eigenvalue weighted by atomic mass is 9.88. The molecule has 2 N–H and O–H groups in total. The van der Waals surface area contributed by atoms with E-state index in [1.165, 1.54) is 25.7 Å². The molecule has 1 saturated heterocycles. The Morgan fingerprint density at radius 1 is 1.47 bits per heavy atom. The van der Waals surface area contributed by atoms with Gasteiger partial charge >= 0.3 is 0 Å². The van der Waals surface area contributed by atoms with E-state index in [1.54, 1.807) is 0 Å². The number of nitrogens with one attached hydrogen (secondary N) is 2. The number of amides is 1. The van der Waals surface area contributed by atoms with Gasteiger partial charge in [0.05, 0.1) is 0 Å². The van der Waals surface area contributed by atoms with Crippen molar-refractivity contribution in [1.29, 1.82) is 0 Å². The number of carbonyl (C=O) groups is 1. The zero-order valence-corrected chi connectivity index (χ0v) is 11.7. The average Bonchev–Trinajstić information content (AvgIpc) is 2.93. The fraction of sp³-hybridized carbons (Fsp3) is 0.923. The van der Waals surface area contributed by atoms with E-state index in [-0.39, 0.29) is 24.2 Å². The SMILES string of the molecule is CCCC1(CNC(=O)C(C)C2CNC2)CC1.Cl. The lowest BCUT2D eigenvalue weighted by Crippen LogP contribution is -2.50. The van der Waals surface area contributed by atoms with Gasteiger partial charge in [0.1, 0.15) is 0 Å². The molecular weight excluding hydrogens is 236 g/mol. The van der Waals surface area contributed by atoms with Gasteiger partial charge in [-0.15, -0.1) is 12.4 Å². The molecule has 2 aliphatic rings. The van der Waals surface area contributed by atoms with Gasteiger partial charge in [-0.1, -0.05) is 20.3 Å². The van der Waals surface area contributed by atoms with Crippen molar-refractivity contribution < 1.29 is 4.79 Å². The minimum absolute atomic E-state index is 0. The van der Waals surface area contributed by atoms with Gasteiger partial charge in [-0.05, 0) is 43.7 Å². The largest absolute Gasteiger partial charge is 0.355 e. The molecule has 1 saturated carbocycles. The summed E-state index contributed by atoms with van der Waals surface area (Å²) in [5.41, 5.74) is 0.474. The summed E-state index contributed by atoms with van der Waals surface area (Å²) in [6.45, 7) is 7.21. The Balaban J connectivity index is 0.00000144. The number of carbonyl (C=O) groups excluding carboxylic acids is 1. The summed E-state index contributed by atoms with van der Waals surface area (Å²) in [6, 6.07) is 0. The third-order valence-corrected chi connectivity index (χ3v) is 4.31. The topological polar surface area (TPSA) is 41.1 Å². The fourth-order valence-corrected chi connectivity index (χ4v) is 2.54. The second kappa shape index (κ2) is 6.05. The molecule has 0 bridgehead atoms. The van der Waals surface area contributed by atoms with Crippen LogP contribution in [0.5, 0.6) is 0 Å². The average molecular weight is 261 g/mol. The quantitative estimate of drug-likeness (QED) is 0.767. The van der Waals surface area contributed by atoms with Crippen LogP contribution < -0.4 is 10.6 Å². The predicted octanol–water partition coefficient (Wildman–Crippen LogP) is 1.96. The normalized spacial score (nSPS) is 23.2. The van der Waals surface area contributed by atoms with E-state index in [0.29, 0.717) is 11.3 Å². The highest BCUT2D eigenvalue weighted by Crippen LogP contribution is 2.48. The Hall–Kier alpha value is -0.280. The van der Waals surface area contributed by atoms with Crippen LogP contribution in [0.4, 0.5) is 0 Å². The first kappa shape index (κ1) is 14.8. The summed E-state index contributed by atoms with van der Waals surface area (Å²) in [4.78, 5) is 11.9. The summed E-state index contributed by atoms with van der Waals surface area (Å²) in [6.07, 6.45) is 5.12. The second-order valence-electron chi connectivity index (χ2n) is 5.67. The number of halogens is 1. The molecule has 0 spiro atoms. The summed E-state index contributed by atoms with van der Waals surface area (Å²) in [5, 5.41) is 6.37. The van der Waals surface area contributed by atoms with E-state index in [4.69, 9.17) is 0 Å². The van der Waals surface area contributed by atoms with Gasteiger partial charge in [0.15, 0.2) is 0 Å². The molecule has 1 amide bonds. The van der Waals surface area contributed by atoms with Crippen molar-refractivity contribution in [2.45, 2.75) is 39.5 Å². The van der Waals surface area contributed by atoms with Crippen LogP contribution in [0.25, 0.3) is 0 Å². The zero-order valence-electron chi connectivity index (χ0n) is 10.9. The second-order valence-corrected chi connectivity index (χ2v) is 5.67. The molecule has 0 aromatic carbocycles. The maximum absolute atomic E-state index is 11.9. The van der Waals surface area contributed by atoms with Crippen molar-refractivity contribution in [3.05, 3.63) is 0 Å². The van der Waals surface area contributed by atoms with E-state index in [2.05, 4.69) is 24.5 Å². The van der Waals surface area contributed by atoms with E-state index < -0.39 is 0 Å². The predicted molar refractivity (Wildman–Crippen MR) is 72.4 cm³/mol. The summed E-state index contributed by atoms with van der Waals surface area (Å²) in [5.74, 6) is 0.994. The lowest BCUT2D eigenvalue weighted by Gasteiger charge is -2.32. The van der Waals surface area contributed by atoms with Gasteiger partial charge in [0.2, 0.25) is 5.91 Å². The molecule has 100 valence electrons. The molecule has 17 heavy (non-hydrogen) atoms. The zero-order chi connectivity index (χ0) is 11.6. The Morgan fingerprint density at radius 2 is 2.12 bits per heavy atom. The molecule has 3 nitrogen and oxygen atoms in total. The molecule has 1 aliphatic heterocycles. The molecule has 0 radical (unpaired) electrons. The van der Waals surface area contributed by atoms with Crippen LogP contribution in [0.3, 0.4) is 0 Å². The van der Waals surface area contributed by atoms with Crippen molar-refractivity contribution >= 4 is 18.3 Å². The standard InChI is InChI=1S/C13H24N2O.ClH/c1-3-4-13(5-6-13)9-15-12(16)10(2)11-7-14-8-11;/h10-11,14H,3-9H2,1-2H3,(H,15,16);1H. The highest BCUT2D eigenvalue weighted by Gasteiger charge is 2.42. The molecule has 2 rings (SSSR count). The third kappa shape index (κ3) is 3.59. The molecule has 0 aromatic rings. The molecule has 1 heterocycles. The van der Waals surface area contributed by atoms with Gasteiger partial charge < -0.3 is 10.6 Å². The highest BCUT2D eigenvalue weighted by atomic mass is 35.5. The van der Waals surface area contributed by atoms with Crippen LogP contribution in [0.2, 0.25) is 0 Å². The van der Waals surface area contributed by atoms with Crippen LogP contribution in [0, 0.1) is 17.3 Å². The summed E-state index contributed by atoms with van der Waals surface area (Å²) < 4.78 is 0. The molecule has 0 aromatic heterocycles. The number of rotatable bonds is 6. The van der Waals surface area contributed by atoms with E-state index in [9.17, 15) is 4.79 Å². The molecular formula is C13H25ClN2O. The van der Waals surface area contributed by atoms with Crippen LogP contribution in [-0.4, -0.2) is 25.5 Å². The van der Waals surface area contributed by atoms with Crippen LogP contribution >= 0.6 is 12.4 Å². The molecule has 2 fully saturated rings. The first-order valence-electron chi connectivity index (χ1n) is 6.65. The smallest absolute Gasteiger partial charge is 0.223 e. The summed E-state index contributed by atoms with van der Waals surface area (Å²) in [7, 11) is 0. The molecule has 1 atom stereocenters. The van der Waals surface area contributed by atoms with Crippen LogP contribution in [-0.2, 0) is 4.79 Å². The van der Waals surface area contributed by atoms with E-state index in [0.717, 1.165) is 19.6 Å². The minimum atomic E-state index is 0. The third-order valence-electron chi connectivity index (χ3n) is 4.31. The fourth-order valence-electron chi connectivity index (χ4n) is 2.54. The molecule has 1 aliphatic carbocycles. The van der Waals surface area contributed by atoms with Gasteiger partial charge in [0, 0.05) is 12.5 Å². The van der Waals surface area contributed by atoms with Crippen molar-refractivity contribution in [2.75, 3.05) is 19.6 Å². The monoisotopic (exact) mass is 260 g/mol. The van der Waals surface area contributed by atoms with Gasteiger partial charge in [-0.3, -0.25) is 4.79 Å². The van der Waals surface area contributed by atoms with E-state index >= 15 is 0 Å². The van der Waals surface area contributed by atoms with E-state index in [1.807, 2.05) is 0 Å². The van der Waals surface area contributed by atoms with Crippen LogP contribution in [0.15, 0.2) is 0 Å². The van der Waals surface area contributed by atoms with Crippen LogP contribution in [0.1, 0.15) is 39.5 Å².